The van der Waals surface area contributed by atoms with Crippen LogP contribution in [0.3, 0.4) is 0 Å². The van der Waals surface area contributed by atoms with Crippen molar-refractivity contribution in [1.82, 2.24) is 15.3 Å². The number of nitrogens with one attached hydrogen (secondary N) is 3. The highest BCUT2D eigenvalue weighted by Gasteiger charge is 2.19. The van der Waals surface area contributed by atoms with Gasteiger partial charge < -0.3 is 15.6 Å². The Balaban J connectivity index is 1.56. The van der Waals surface area contributed by atoms with Crippen LogP contribution in [0.1, 0.15) is 23.0 Å². The van der Waals surface area contributed by atoms with Gasteiger partial charge in [0.15, 0.2) is 0 Å². The summed E-state index contributed by atoms with van der Waals surface area (Å²) < 4.78 is 0. The predicted molar refractivity (Wildman–Crippen MR) is 112 cm³/mol. The van der Waals surface area contributed by atoms with E-state index in [-0.39, 0.29) is 12.1 Å². The number of anilines is 1. The molecule has 5 heteroatoms. The quantitative estimate of drug-likeness (QED) is 0.464. The SMILES string of the molecule is Cc1ccc(NC(=O)NC(Cc2ccccc2)c2nc3ccccc3[nH]2)cc1. The highest BCUT2D eigenvalue weighted by molar-refractivity contribution is 5.89. The molecule has 4 rings (SSSR count). The third-order valence-corrected chi connectivity index (χ3v) is 4.64. The molecule has 140 valence electrons. The molecule has 0 aliphatic carbocycles. The lowest BCUT2D eigenvalue weighted by Crippen LogP contribution is -2.34. The largest absolute Gasteiger partial charge is 0.340 e. The molecule has 1 atom stereocenters. The molecule has 1 heterocycles. The van der Waals surface area contributed by atoms with E-state index in [0.29, 0.717) is 6.42 Å². The highest BCUT2D eigenvalue weighted by Crippen LogP contribution is 2.20. The van der Waals surface area contributed by atoms with E-state index >= 15 is 0 Å². The van der Waals surface area contributed by atoms with Gasteiger partial charge in [0.05, 0.1) is 17.1 Å². The number of carbonyl (C=O) groups is 1. The van der Waals surface area contributed by atoms with Crippen LogP contribution in [0, 0.1) is 6.92 Å². The maximum Gasteiger partial charge on any atom is 0.319 e. The number of imidazole rings is 1. The smallest absolute Gasteiger partial charge is 0.319 e. The van der Waals surface area contributed by atoms with Crippen molar-refractivity contribution >= 4 is 22.8 Å². The lowest BCUT2D eigenvalue weighted by molar-refractivity contribution is 0.248. The van der Waals surface area contributed by atoms with E-state index in [9.17, 15) is 4.79 Å². The number of H-pyrrole nitrogens is 1. The Hall–Kier alpha value is -3.60. The number of hydrogen-bond acceptors (Lipinski definition) is 2. The van der Waals surface area contributed by atoms with Crippen molar-refractivity contribution < 1.29 is 4.79 Å². The first-order valence-corrected chi connectivity index (χ1v) is 9.30. The van der Waals surface area contributed by atoms with Gasteiger partial charge in [-0.2, -0.15) is 0 Å². The van der Waals surface area contributed by atoms with Crippen molar-refractivity contribution in [3.8, 4) is 0 Å². The summed E-state index contributed by atoms with van der Waals surface area (Å²) >= 11 is 0. The van der Waals surface area contributed by atoms with E-state index < -0.39 is 0 Å². The third-order valence-electron chi connectivity index (χ3n) is 4.64. The second kappa shape index (κ2) is 7.96. The molecule has 1 unspecified atom stereocenters. The van der Waals surface area contributed by atoms with Crippen LogP contribution in [-0.4, -0.2) is 16.0 Å². The predicted octanol–water partition coefficient (Wildman–Crippen LogP) is 4.98. The standard InChI is InChI=1S/C23H22N4O/c1-16-11-13-18(14-12-16)24-23(28)27-21(15-17-7-3-2-4-8-17)22-25-19-9-5-6-10-20(19)26-22/h2-14,21H,15H2,1H3,(H,25,26)(H2,24,27,28). The number of hydrogen-bond donors (Lipinski definition) is 3. The van der Waals surface area contributed by atoms with Gasteiger partial charge in [-0.15, -0.1) is 0 Å². The maximum atomic E-state index is 12.6. The van der Waals surface area contributed by atoms with E-state index in [0.717, 1.165) is 33.7 Å². The molecule has 5 nitrogen and oxygen atoms in total. The Morgan fingerprint density at radius 3 is 2.43 bits per heavy atom. The van der Waals surface area contributed by atoms with Gasteiger partial charge in [0.2, 0.25) is 0 Å². The molecule has 0 bridgehead atoms. The zero-order valence-electron chi connectivity index (χ0n) is 15.6. The number of amides is 2. The van der Waals surface area contributed by atoms with Gasteiger partial charge in [-0.3, -0.25) is 0 Å². The molecule has 0 radical (unpaired) electrons. The lowest BCUT2D eigenvalue weighted by Gasteiger charge is -2.17. The minimum atomic E-state index is -0.278. The van der Waals surface area contributed by atoms with E-state index in [4.69, 9.17) is 0 Å². The number of benzene rings is 3. The fraction of sp³-hybridized carbons (Fsp3) is 0.130. The lowest BCUT2D eigenvalue weighted by atomic mass is 10.1. The molecular formula is C23H22N4O. The summed E-state index contributed by atoms with van der Waals surface area (Å²) in [5, 5.41) is 5.96. The van der Waals surface area contributed by atoms with Crippen LogP contribution in [0.4, 0.5) is 10.5 Å². The summed E-state index contributed by atoms with van der Waals surface area (Å²) in [6, 6.07) is 25.1. The number of aryl methyl sites for hydroxylation is 1. The first-order valence-electron chi connectivity index (χ1n) is 9.30. The Morgan fingerprint density at radius 1 is 0.964 bits per heavy atom. The molecule has 2 amide bonds. The van der Waals surface area contributed by atoms with Gasteiger partial charge in [-0.05, 0) is 43.2 Å². The molecular weight excluding hydrogens is 348 g/mol. The summed E-state index contributed by atoms with van der Waals surface area (Å²) in [4.78, 5) is 20.6. The first kappa shape index (κ1) is 17.8. The van der Waals surface area contributed by atoms with Crippen molar-refractivity contribution in [2.45, 2.75) is 19.4 Å². The first-order chi connectivity index (χ1) is 13.7. The highest BCUT2D eigenvalue weighted by atomic mass is 16.2. The van der Waals surface area contributed by atoms with Gasteiger partial charge in [0, 0.05) is 5.69 Å². The van der Waals surface area contributed by atoms with Crippen LogP contribution in [0.2, 0.25) is 0 Å². The monoisotopic (exact) mass is 370 g/mol. The number of fused-ring (bicyclic) bond motifs is 1. The maximum absolute atomic E-state index is 12.6. The average molecular weight is 370 g/mol. The summed E-state index contributed by atoms with van der Waals surface area (Å²) in [6.07, 6.45) is 0.641. The number of rotatable bonds is 5. The topological polar surface area (TPSA) is 69.8 Å². The van der Waals surface area contributed by atoms with Crippen LogP contribution >= 0.6 is 0 Å². The van der Waals surface area contributed by atoms with Crippen LogP contribution in [0.25, 0.3) is 11.0 Å². The Kier molecular flexibility index (Phi) is 5.06. The average Bonchev–Trinajstić information content (AvgIpc) is 3.14. The van der Waals surface area contributed by atoms with E-state index in [1.54, 1.807) is 0 Å². The van der Waals surface area contributed by atoms with Gasteiger partial charge in [-0.25, -0.2) is 9.78 Å². The minimum Gasteiger partial charge on any atom is -0.340 e. The van der Waals surface area contributed by atoms with E-state index in [1.807, 2.05) is 73.7 Å². The fourth-order valence-electron chi connectivity index (χ4n) is 3.17. The number of para-hydroxylation sites is 2. The minimum absolute atomic E-state index is 0.259. The molecule has 0 fully saturated rings. The molecule has 0 saturated carbocycles. The molecule has 0 aliphatic rings. The van der Waals surface area contributed by atoms with Crippen molar-refractivity contribution in [3.63, 3.8) is 0 Å². The van der Waals surface area contributed by atoms with Crippen molar-refractivity contribution in [2.24, 2.45) is 0 Å². The summed E-state index contributed by atoms with van der Waals surface area (Å²) in [7, 11) is 0. The molecule has 3 aromatic carbocycles. The summed E-state index contributed by atoms with van der Waals surface area (Å²) in [5.74, 6) is 0.740. The van der Waals surface area contributed by atoms with E-state index in [2.05, 4.69) is 32.7 Å². The van der Waals surface area contributed by atoms with Crippen LogP contribution in [-0.2, 0) is 6.42 Å². The number of aromatic nitrogens is 2. The summed E-state index contributed by atoms with van der Waals surface area (Å²) in [5.41, 5.74) is 4.87. The Morgan fingerprint density at radius 2 is 1.68 bits per heavy atom. The van der Waals surface area contributed by atoms with Gasteiger partial charge in [0.25, 0.3) is 0 Å². The number of carbonyl (C=O) groups excluding carboxylic acids is 1. The van der Waals surface area contributed by atoms with Crippen molar-refractivity contribution in [3.05, 3.63) is 95.8 Å². The van der Waals surface area contributed by atoms with Gasteiger partial charge >= 0.3 is 6.03 Å². The van der Waals surface area contributed by atoms with Crippen LogP contribution < -0.4 is 10.6 Å². The molecule has 4 aromatic rings. The van der Waals surface area contributed by atoms with Gasteiger partial charge in [0.1, 0.15) is 5.82 Å². The summed E-state index contributed by atoms with van der Waals surface area (Å²) in [6.45, 7) is 2.02. The zero-order valence-corrected chi connectivity index (χ0v) is 15.6. The number of aromatic amines is 1. The molecule has 0 saturated heterocycles. The molecule has 0 spiro atoms. The second-order valence-electron chi connectivity index (χ2n) is 6.85. The van der Waals surface area contributed by atoms with E-state index in [1.165, 1.54) is 0 Å². The number of nitrogens with zero attached hydrogens (tertiary/aromatic N) is 1. The van der Waals surface area contributed by atoms with Gasteiger partial charge in [-0.1, -0.05) is 60.2 Å². The van der Waals surface area contributed by atoms with Crippen molar-refractivity contribution in [2.75, 3.05) is 5.32 Å². The van der Waals surface area contributed by atoms with Crippen molar-refractivity contribution in [1.29, 1.82) is 0 Å². The Labute approximate surface area is 163 Å². The molecule has 3 N–H and O–H groups in total. The zero-order chi connectivity index (χ0) is 19.3. The molecule has 28 heavy (non-hydrogen) atoms. The molecule has 1 aromatic heterocycles. The normalized spacial score (nSPS) is 11.9. The fourth-order valence-corrected chi connectivity index (χ4v) is 3.17. The second-order valence-corrected chi connectivity index (χ2v) is 6.85. The van der Waals surface area contributed by atoms with Crippen LogP contribution in [0.5, 0.6) is 0 Å². The molecule has 0 aliphatic heterocycles. The Bertz CT molecular complexity index is 1040. The third kappa shape index (κ3) is 4.20. The number of urea groups is 1. The van der Waals surface area contributed by atoms with Crippen LogP contribution in [0.15, 0.2) is 78.9 Å².